The summed E-state index contributed by atoms with van der Waals surface area (Å²) in [6.07, 6.45) is -15.3. The molecule has 2 heterocycles. The first-order valence-electron chi connectivity index (χ1n) is 16.0. The maximum absolute atomic E-state index is 11.7. The second-order valence-corrected chi connectivity index (χ2v) is 13.1. The Balaban J connectivity index is 1.87. The Bertz CT molecular complexity index is 1080. The van der Waals surface area contributed by atoms with E-state index in [1.54, 1.807) is 6.92 Å². The molecule has 280 valence electrons. The Morgan fingerprint density at radius 1 is 0.979 bits per heavy atom. The van der Waals surface area contributed by atoms with Gasteiger partial charge in [-0.3, -0.25) is 9.98 Å². The zero-order valence-corrected chi connectivity index (χ0v) is 27.5. The highest BCUT2D eigenvalue weighted by atomic mass is 16.7. The van der Waals surface area contributed by atoms with E-state index in [0.717, 1.165) is 0 Å². The molecule has 1 aliphatic carbocycles. The quantitative estimate of drug-likeness (QED) is 0.0592. The van der Waals surface area contributed by atoms with Crippen LogP contribution in [0.25, 0.3) is 0 Å². The molecule has 0 amide bonds. The summed E-state index contributed by atoms with van der Waals surface area (Å²) >= 11 is 0. The minimum atomic E-state index is -2.05. The van der Waals surface area contributed by atoms with Crippen molar-refractivity contribution in [3.8, 4) is 0 Å². The minimum absolute atomic E-state index is 0.0890. The van der Waals surface area contributed by atoms with Crippen molar-refractivity contribution in [1.29, 1.82) is 0 Å². The smallest absolute Gasteiger partial charge is 0.185 e. The van der Waals surface area contributed by atoms with E-state index < -0.39 is 116 Å². The van der Waals surface area contributed by atoms with E-state index in [1.165, 1.54) is 14.0 Å². The molecule has 48 heavy (non-hydrogen) atoms. The average molecular weight is 697 g/mol. The molecule has 1 saturated carbocycles. The van der Waals surface area contributed by atoms with Gasteiger partial charge in [0.25, 0.3) is 0 Å². The third kappa shape index (κ3) is 9.75. The van der Waals surface area contributed by atoms with Crippen LogP contribution in [0.15, 0.2) is 9.98 Å². The van der Waals surface area contributed by atoms with Gasteiger partial charge in [0.2, 0.25) is 0 Å². The lowest BCUT2D eigenvalue weighted by atomic mass is 9.83. The van der Waals surface area contributed by atoms with Gasteiger partial charge in [-0.25, -0.2) is 0 Å². The Hall–Kier alpha value is -1.70. The molecular weight excluding hydrogens is 640 g/mol. The summed E-state index contributed by atoms with van der Waals surface area (Å²) in [4.78, 5) is 8.51. The van der Waals surface area contributed by atoms with Gasteiger partial charge in [-0.15, -0.1) is 0 Å². The van der Waals surface area contributed by atoms with Crippen molar-refractivity contribution < 1.29 is 59.8 Å². The van der Waals surface area contributed by atoms with E-state index in [9.17, 15) is 35.7 Å². The number of nitrogens with one attached hydrogen (secondary N) is 1. The maximum atomic E-state index is 11.7. The number of nitrogens with zero attached hydrogens (tertiary/aromatic N) is 2. The minimum Gasteiger partial charge on any atom is -0.394 e. The van der Waals surface area contributed by atoms with Crippen LogP contribution in [0.5, 0.6) is 0 Å². The van der Waals surface area contributed by atoms with Crippen molar-refractivity contribution >= 4 is 11.7 Å². The van der Waals surface area contributed by atoms with Crippen molar-refractivity contribution in [3.05, 3.63) is 0 Å². The number of aliphatic hydroxyl groups excluding tert-OH is 7. The summed E-state index contributed by atoms with van der Waals surface area (Å²) in [6, 6.07) is -4.04. The van der Waals surface area contributed by atoms with Crippen LogP contribution in [0.3, 0.4) is 0 Å². The van der Waals surface area contributed by atoms with Gasteiger partial charge in [-0.05, 0) is 40.2 Å². The number of hydrogen-bond acceptors (Lipinski definition) is 18. The molecule has 0 radical (unpaired) electrons. The SMILES string of the molecule is CNC1C(O)C(OC2C(N=C(N)C(O)C(O)C(O)C(O)CO)CC(N)C(OC3OC(CN=C(N)C(C)N)CCC3N)C2O)OCC1(C)O. The highest BCUT2D eigenvalue weighted by Crippen LogP contribution is 2.33. The average Bonchev–Trinajstić information content (AvgIpc) is 3.04. The molecule has 0 aromatic carbocycles. The van der Waals surface area contributed by atoms with Gasteiger partial charge in [0.1, 0.15) is 66.1 Å². The summed E-state index contributed by atoms with van der Waals surface area (Å²) in [5.41, 5.74) is 28.9. The third-order valence-electron chi connectivity index (χ3n) is 9.03. The predicted octanol–water partition coefficient (Wildman–Crippen LogP) is -7.40. The summed E-state index contributed by atoms with van der Waals surface area (Å²) in [6.45, 7) is 2.20. The zero-order chi connectivity index (χ0) is 36.1. The van der Waals surface area contributed by atoms with E-state index >= 15 is 0 Å². The van der Waals surface area contributed by atoms with Gasteiger partial charge in [-0.2, -0.15) is 0 Å². The Morgan fingerprint density at radius 3 is 2.23 bits per heavy atom. The lowest BCUT2D eigenvalue weighted by Gasteiger charge is -2.48. The van der Waals surface area contributed by atoms with Crippen molar-refractivity contribution in [3.63, 3.8) is 0 Å². The zero-order valence-electron chi connectivity index (χ0n) is 27.5. The number of hydrogen-bond donors (Lipinski definition) is 14. The molecule has 0 aromatic heterocycles. The number of aliphatic imine (C=N–C) groups is 2. The molecule has 20 heteroatoms. The number of amidine groups is 2. The summed E-state index contributed by atoms with van der Waals surface area (Å²) in [7, 11) is 1.53. The van der Waals surface area contributed by atoms with Crippen LogP contribution in [0.2, 0.25) is 0 Å². The van der Waals surface area contributed by atoms with E-state index in [-0.39, 0.29) is 25.4 Å². The molecule has 0 spiro atoms. The normalized spacial score (nSPS) is 41.8. The molecule has 2 saturated heterocycles. The van der Waals surface area contributed by atoms with Crippen LogP contribution in [-0.2, 0) is 18.9 Å². The number of aliphatic hydroxyl groups is 8. The molecule has 2 aliphatic heterocycles. The summed E-state index contributed by atoms with van der Waals surface area (Å²) in [5.74, 6) is -0.357. The van der Waals surface area contributed by atoms with Gasteiger partial charge in [-0.1, -0.05) is 0 Å². The largest absolute Gasteiger partial charge is 0.394 e. The van der Waals surface area contributed by atoms with Crippen molar-refractivity contribution in [2.45, 2.75) is 136 Å². The number of rotatable bonds is 14. The first kappa shape index (κ1) is 40.7. The number of likely N-dealkylation sites (N-methyl/N-ethyl adjacent to an activating group) is 1. The molecule has 20 nitrogen and oxygen atoms in total. The number of nitrogens with two attached hydrogens (primary N) is 5. The number of ether oxygens (including phenoxy) is 4. The highest BCUT2D eigenvalue weighted by Gasteiger charge is 2.52. The van der Waals surface area contributed by atoms with Gasteiger partial charge in [0.05, 0.1) is 50.0 Å². The van der Waals surface area contributed by atoms with Gasteiger partial charge in [0, 0.05) is 6.04 Å². The predicted molar refractivity (Wildman–Crippen MR) is 170 cm³/mol. The molecule has 0 aromatic rings. The van der Waals surface area contributed by atoms with E-state index in [1.807, 2.05) is 0 Å². The standard InChI is InChI=1S/C28H56N8O12/c1-10(29)24(32)35-7-11-4-5-12(30)26(46-11)47-21-13(31)6-14(36-25(33)18(41)17(40)16(39)15(38)8-37)22(19(21)42)48-27-20(43)23(34-3)28(2,44)9-45-27/h10-23,26-27,34,37-44H,4-9,29-31H2,1-3H3,(H2,32,35)(H2,33,36). The topological polar surface area (TPSA) is 366 Å². The second kappa shape index (κ2) is 17.5. The van der Waals surface area contributed by atoms with Crippen LogP contribution in [0.1, 0.15) is 33.1 Å². The van der Waals surface area contributed by atoms with Gasteiger partial charge < -0.3 is 93.8 Å². The fraction of sp³-hybridized carbons (Fsp3) is 0.929. The van der Waals surface area contributed by atoms with E-state index in [4.69, 9.17) is 52.7 Å². The maximum Gasteiger partial charge on any atom is 0.185 e. The molecule has 3 rings (SSSR count). The van der Waals surface area contributed by atoms with Crippen LogP contribution < -0.4 is 34.0 Å². The van der Waals surface area contributed by atoms with Crippen molar-refractivity contribution in [2.75, 3.05) is 26.8 Å². The molecule has 17 unspecified atom stereocenters. The van der Waals surface area contributed by atoms with Crippen LogP contribution >= 0.6 is 0 Å². The highest BCUT2D eigenvalue weighted by molar-refractivity contribution is 5.85. The van der Waals surface area contributed by atoms with Crippen LogP contribution in [0.4, 0.5) is 0 Å². The van der Waals surface area contributed by atoms with Crippen molar-refractivity contribution in [1.82, 2.24) is 5.32 Å². The molecule has 19 N–H and O–H groups in total. The van der Waals surface area contributed by atoms with Crippen LogP contribution in [0, 0.1) is 0 Å². The fourth-order valence-electron chi connectivity index (χ4n) is 6.03. The van der Waals surface area contributed by atoms with E-state index in [0.29, 0.717) is 12.8 Å². The summed E-state index contributed by atoms with van der Waals surface area (Å²) < 4.78 is 23.9. The third-order valence-corrected chi connectivity index (χ3v) is 9.03. The van der Waals surface area contributed by atoms with Crippen molar-refractivity contribution in [2.24, 2.45) is 38.7 Å². The Labute approximate surface area is 278 Å². The molecule has 0 bridgehead atoms. The fourth-order valence-corrected chi connectivity index (χ4v) is 6.03. The lowest BCUT2D eigenvalue weighted by molar-refractivity contribution is -0.306. The molecule has 3 aliphatic rings. The molecule has 3 fully saturated rings. The first-order valence-corrected chi connectivity index (χ1v) is 16.0. The second-order valence-electron chi connectivity index (χ2n) is 13.1. The van der Waals surface area contributed by atoms with E-state index in [2.05, 4.69) is 15.3 Å². The van der Waals surface area contributed by atoms with Crippen LogP contribution in [-0.4, -0.2) is 183 Å². The van der Waals surface area contributed by atoms with Gasteiger partial charge in [0.15, 0.2) is 12.6 Å². The molecule has 17 atom stereocenters. The summed E-state index contributed by atoms with van der Waals surface area (Å²) in [5, 5.41) is 86.0. The molecular formula is C28H56N8O12. The Morgan fingerprint density at radius 2 is 1.62 bits per heavy atom. The van der Waals surface area contributed by atoms with Gasteiger partial charge >= 0.3 is 0 Å². The monoisotopic (exact) mass is 696 g/mol. The lowest BCUT2D eigenvalue weighted by Crippen LogP contribution is -2.67. The Kier molecular flexibility index (Phi) is 14.8. The first-order chi connectivity index (χ1) is 22.4.